The summed E-state index contributed by atoms with van der Waals surface area (Å²) in [5.74, 6) is 3.04. The predicted octanol–water partition coefficient (Wildman–Crippen LogP) is 2.91. The summed E-state index contributed by atoms with van der Waals surface area (Å²) in [6.07, 6.45) is 4.23. The lowest BCUT2D eigenvalue weighted by atomic mass is 10.1. The van der Waals surface area contributed by atoms with Gasteiger partial charge in [-0.15, -0.1) is 0 Å². The van der Waals surface area contributed by atoms with E-state index < -0.39 is 0 Å². The lowest BCUT2D eigenvalue weighted by molar-refractivity contribution is -0.141. The first-order valence-corrected chi connectivity index (χ1v) is 7.87. The van der Waals surface area contributed by atoms with E-state index in [0.29, 0.717) is 29.6 Å². The molecule has 0 amide bonds. The third-order valence-electron chi connectivity index (χ3n) is 3.55. The highest BCUT2D eigenvalue weighted by molar-refractivity contribution is 7.98. The van der Waals surface area contributed by atoms with Crippen LogP contribution in [0.2, 0.25) is 0 Å². The van der Waals surface area contributed by atoms with E-state index in [2.05, 4.69) is 10.1 Å². The summed E-state index contributed by atoms with van der Waals surface area (Å²) < 4.78 is 15.1. The molecular weight excluding hydrogens is 292 g/mol. The Morgan fingerprint density at radius 1 is 1.52 bits per heavy atom. The van der Waals surface area contributed by atoms with Crippen LogP contribution < -0.4 is 0 Å². The van der Waals surface area contributed by atoms with Gasteiger partial charge in [-0.05, 0) is 36.1 Å². The Labute approximate surface area is 126 Å². The number of carbonyl (C=O) groups excluding carboxylic acids is 1. The maximum Gasteiger partial charge on any atom is 0.306 e. The Kier molecular flexibility index (Phi) is 4.01. The van der Waals surface area contributed by atoms with Crippen LogP contribution in [0.1, 0.15) is 25.2 Å². The normalized spacial score (nSPS) is 15.9. The Bertz CT molecular complexity index is 604. The van der Waals surface area contributed by atoms with Crippen LogP contribution in [0.25, 0.3) is 11.6 Å². The zero-order chi connectivity index (χ0) is 14.7. The molecule has 0 spiro atoms. The highest BCUT2D eigenvalue weighted by atomic mass is 32.2. The minimum absolute atomic E-state index is 0.113. The van der Waals surface area contributed by atoms with E-state index >= 15 is 0 Å². The third kappa shape index (κ3) is 3.47. The monoisotopic (exact) mass is 308 g/mol. The lowest BCUT2D eigenvalue weighted by Gasteiger charge is -2.11. The predicted molar refractivity (Wildman–Crippen MR) is 76.5 cm³/mol. The summed E-state index contributed by atoms with van der Waals surface area (Å²) >= 11 is 1.70. The second-order valence-corrected chi connectivity index (χ2v) is 6.22. The molecule has 7 heteroatoms. The molecule has 0 unspecified atom stereocenters. The van der Waals surface area contributed by atoms with Gasteiger partial charge < -0.3 is 13.7 Å². The van der Waals surface area contributed by atoms with Crippen LogP contribution in [0.4, 0.5) is 0 Å². The molecule has 6 nitrogen and oxygen atoms in total. The number of hydrogen-bond acceptors (Lipinski definition) is 7. The third-order valence-corrected chi connectivity index (χ3v) is 4.82. The smallest absolute Gasteiger partial charge is 0.306 e. The van der Waals surface area contributed by atoms with Gasteiger partial charge >= 0.3 is 5.97 Å². The zero-order valence-electron chi connectivity index (χ0n) is 11.7. The van der Waals surface area contributed by atoms with Crippen LogP contribution in [0, 0.1) is 5.41 Å². The van der Waals surface area contributed by atoms with Crippen molar-refractivity contribution in [1.29, 1.82) is 0 Å². The number of esters is 1. The maximum atomic E-state index is 11.4. The largest absolute Gasteiger partial charge is 0.469 e. The molecule has 1 aliphatic rings. The highest BCUT2D eigenvalue weighted by Crippen LogP contribution is 2.51. The summed E-state index contributed by atoms with van der Waals surface area (Å²) in [4.78, 5) is 15.6. The number of rotatable bonds is 7. The summed E-state index contributed by atoms with van der Waals surface area (Å²) in [6, 6.07) is 3.57. The van der Waals surface area contributed by atoms with Crippen LogP contribution in [-0.2, 0) is 15.3 Å². The number of carbonyl (C=O) groups is 1. The first kappa shape index (κ1) is 14.2. The molecule has 0 bridgehead atoms. The van der Waals surface area contributed by atoms with Gasteiger partial charge in [0.15, 0.2) is 5.76 Å². The standard InChI is InChI=1S/C14H16N2O4S/c1-18-12(17)7-14(4-5-14)9-21-8-11-15-13(16-20-11)10-3-2-6-19-10/h2-3,6H,4-5,7-9H2,1H3. The van der Waals surface area contributed by atoms with Crippen LogP contribution in [-0.4, -0.2) is 29.0 Å². The zero-order valence-corrected chi connectivity index (χ0v) is 12.5. The second kappa shape index (κ2) is 5.93. The maximum absolute atomic E-state index is 11.4. The molecule has 1 fully saturated rings. The van der Waals surface area contributed by atoms with Crippen molar-refractivity contribution in [2.75, 3.05) is 12.9 Å². The van der Waals surface area contributed by atoms with Gasteiger partial charge in [0.2, 0.25) is 11.7 Å². The summed E-state index contributed by atoms with van der Waals surface area (Å²) in [7, 11) is 1.43. The van der Waals surface area contributed by atoms with Crippen molar-refractivity contribution in [3.63, 3.8) is 0 Å². The Morgan fingerprint density at radius 2 is 2.38 bits per heavy atom. The number of thioether (sulfide) groups is 1. The second-order valence-electron chi connectivity index (χ2n) is 5.23. The number of aromatic nitrogens is 2. The molecule has 112 valence electrons. The van der Waals surface area contributed by atoms with Crippen molar-refractivity contribution in [3.8, 4) is 11.6 Å². The Morgan fingerprint density at radius 3 is 3.05 bits per heavy atom. The van der Waals surface area contributed by atoms with Gasteiger partial charge in [-0.3, -0.25) is 4.79 Å². The average Bonchev–Trinajstić information content (AvgIpc) is 2.93. The van der Waals surface area contributed by atoms with Crippen LogP contribution in [0.3, 0.4) is 0 Å². The Hall–Kier alpha value is -1.76. The van der Waals surface area contributed by atoms with Crippen LogP contribution in [0.5, 0.6) is 0 Å². The molecule has 0 saturated heterocycles. The van der Waals surface area contributed by atoms with Gasteiger partial charge in [0.25, 0.3) is 0 Å². The first-order valence-electron chi connectivity index (χ1n) is 6.72. The molecule has 3 rings (SSSR count). The van der Waals surface area contributed by atoms with E-state index in [-0.39, 0.29) is 11.4 Å². The fourth-order valence-electron chi connectivity index (χ4n) is 2.10. The van der Waals surface area contributed by atoms with E-state index in [1.54, 1.807) is 30.2 Å². The molecule has 0 aliphatic heterocycles. The van der Waals surface area contributed by atoms with Crippen LogP contribution >= 0.6 is 11.8 Å². The van der Waals surface area contributed by atoms with Crippen molar-refractivity contribution >= 4 is 17.7 Å². The minimum Gasteiger partial charge on any atom is -0.469 e. The van der Waals surface area contributed by atoms with Crippen molar-refractivity contribution in [3.05, 3.63) is 24.3 Å². The van der Waals surface area contributed by atoms with Gasteiger partial charge in [0.1, 0.15) is 0 Å². The number of hydrogen-bond donors (Lipinski definition) is 0. The van der Waals surface area contributed by atoms with Gasteiger partial charge in [-0.25, -0.2) is 0 Å². The van der Waals surface area contributed by atoms with Gasteiger partial charge in [-0.1, -0.05) is 5.16 Å². The molecule has 0 atom stereocenters. The van der Waals surface area contributed by atoms with E-state index in [1.807, 2.05) is 0 Å². The van der Waals surface area contributed by atoms with E-state index in [1.165, 1.54) is 7.11 Å². The number of nitrogens with zero attached hydrogens (tertiary/aromatic N) is 2. The molecule has 1 saturated carbocycles. The van der Waals surface area contributed by atoms with E-state index in [9.17, 15) is 4.79 Å². The SMILES string of the molecule is COC(=O)CC1(CSCc2nc(-c3ccco3)no2)CC1. The average molecular weight is 308 g/mol. The fraction of sp³-hybridized carbons (Fsp3) is 0.500. The van der Waals surface area contributed by atoms with Gasteiger partial charge in [-0.2, -0.15) is 16.7 Å². The quantitative estimate of drug-likeness (QED) is 0.728. The number of ether oxygens (including phenoxy) is 1. The summed E-state index contributed by atoms with van der Waals surface area (Å²) in [5, 5.41) is 3.88. The van der Waals surface area contributed by atoms with Crippen molar-refractivity contribution in [2.24, 2.45) is 5.41 Å². The molecule has 0 aromatic carbocycles. The fourth-order valence-corrected chi connectivity index (χ4v) is 3.32. The Balaban J connectivity index is 1.49. The molecule has 2 aromatic rings. The molecule has 21 heavy (non-hydrogen) atoms. The lowest BCUT2D eigenvalue weighted by Crippen LogP contribution is -2.13. The first-order chi connectivity index (χ1) is 10.2. The molecule has 0 radical (unpaired) electrons. The molecule has 2 heterocycles. The number of furan rings is 1. The summed E-state index contributed by atoms with van der Waals surface area (Å²) in [6.45, 7) is 0. The van der Waals surface area contributed by atoms with Crippen molar-refractivity contribution in [2.45, 2.75) is 25.0 Å². The molecular formula is C14H16N2O4S. The van der Waals surface area contributed by atoms with Crippen LogP contribution in [0.15, 0.2) is 27.3 Å². The van der Waals surface area contributed by atoms with Gasteiger partial charge in [0.05, 0.1) is 25.5 Å². The molecule has 2 aromatic heterocycles. The molecule has 1 aliphatic carbocycles. The van der Waals surface area contributed by atoms with E-state index in [0.717, 1.165) is 18.6 Å². The number of methoxy groups -OCH3 is 1. The summed E-state index contributed by atoms with van der Waals surface area (Å²) in [5.41, 5.74) is 0.113. The highest BCUT2D eigenvalue weighted by Gasteiger charge is 2.44. The van der Waals surface area contributed by atoms with Crippen molar-refractivity contribution < 1.29 is 18.5 Å². The van der Waals surface area contributed by atoms with Gasteiger partial charge in [0, 0.05) is 0 Å². The molecule has 0 N–H and O–H groups in total. The minimum atomic E-state index is -0.133. The van der Waals surface area contributed by atoms with Crippen molar-refractivity contribution in [1.82, 2.24) is 10.1 Å². The topological polar surface area (TPSA) is 78.4 Å². The van der Waals surface area contributed by atoms with E-state index in [4.69, 9.17) is 13.7 Å².